The fourth-order valence-corrected chi connectivity index (χ4v) is 5.73. The minimum atomic E-state index is -0.652. The van der Waals surface area contributed by atoms with Crippen molar-refractivity contribution in [2.24, 2.45) is 11.3 Å². The molecule has 5 rings (SSSR count). The van der Waals surface area contributed by atoms with E-state index in [0.717, 1.165) is 11.3 Å². The summed E-state index contributed by atoms with van der Waals surface area (Å²) in [6.45, 7) is 8.08. The highest BCUT2D eigenvalue weighted by Crippen LogP contribution is 2.44. The largest absolute Gasteiger partial charge is 0.466 e. The van der Waals surface area contributed by atoms with E-state index in [0.29, 0.717) is 57.9 Å². The highest BCUT2D eigenvalue weighted by molar-refractivity contribution is 5.96. The van der Waals surface area contributed by atoms with Gasteiger partial charge in [0.15, 0.2) is 0 Å². The van der Waals surface area contributed by atoms with Gasteiger partial charge in [0.25, 0.3) is 5.91 Å². The van der Waals surface area contributed by atoms with E-state index in [1.807, 2.05) is 28.7 Å². The lowest BCUT2D eigenvalue weighted by atomic mass is 9.83. The monoisotopic (exact) mass is 403 g/mol. The highest BCUT2D eigenvalue weighted by atomic mass is 16.5. The zero-order valence-corrected chi connectivity index (χ0v) is 17.3. The van der Waals surface area contributed by atoms with Crippen molar-refractivity contribution < 1.29 is 23.8 Å². The SMILES string of the molecule is CN1CC(O)CC1(C)C(=O)N1C[C@@H]2CN(C(=O)c3coc4c3COC4)C[C@]2(C)C1. The van der Waals surface area contributed by atoms with Gasteiger partial charge >= 0.3 is 0 Å². The smallest absolute Gasteiger partial charge is 0.257 e. The number of rotatable bonds is 2. The van der Waals surface area contributed by atoms with Gasteiger partial charge in [0.2, 0.25) is 5.91 Å². The molecular formula is C21H29N3O5. The van der Waals surface area contributed by atoms with Gasteiger partial charge in [0, 0.05) is 56.0 Å². The van der Waals surface area contributed by atoms with Gasteiger partial charge in [-0.05, 0) is 14.0 Å². The number of furan rings is 1. The molecule has 8 heteroatoms. The summed E-state index contributed by atoms with van der Waals surface area (Å²) < 4.78 is 10.9. The lowest BCUT2D eigenvalue weighted by Gasteiger charge is -2.35. The van der Waals surface area contributed by atoms with Crippen LogP contribution in [0.1, 0.15) is 41.9 Å². The number of ether oxygens (including phenoxy) is 1. The van der Waals surface area contributed by atoms with Crippen molar-refractivity contribution in [2.75, 3.05) is 39.8 Å². The second kappa shape index (κ2) is 6.30. The van der Waals surface area contributed by atoms with E-state index in [1.54, 1.807) is 6.26 Å². The normalized spacial score (nSPS) is 36.7. The first kappa shape index (κ1) is 19.1. The van der Waals surface area contributed by atoms with E-state index >= 15 is 0 Å². The van der Waals surface area contributed by atoms with Gasteiger partial charge < -0.3 is 24.1 Å². The van der Waals surface area contributed by atoms with Crippen molar-refractivity contribution in [2.45, 2.75) is 45.1 Å². The third-order valence-electron chi connectivity index (χ3n) is 7.66. The summed E-state index contributed by atoms with van der Waals surface area (Å²) in [4.78, 5) is 32.2. The maximum absolute atomic E-state index is 13.3. The number of hydrogen-bond acceptors (Lipinski definition) is 6. The number of fused-ring (bicyclic) bond motifs is 2. The summed E-state index contributed by atoms with van der Waals surface area (Å²) in [5.74, 6) is 1.10. The average molecular weight is 403 g/mol. The molecule has 4 aliphatic heterocycles. The maximum atomic E-state index is 13.3. The van der Waals surface area contributed by atoms with Crippen LogP contribution in [0.15, 0.2) is 10.7 Å². The zero-order chi connectivity index (χ0) is 20.6. The molecule has 8 nitrogen and oxygen atoms in total. The quantitative estimate of drug-likeness (QED) is 0.782. The lowest BCUT2D eigenvalue weighted by molar-refractivity contribution is -0.140. The fraction of sp³-hybridized carbons (Fsp3) is 0.714. The van der Waals surface area contributed by atoms with E-state index in [2.05, 4.69) is 6.92 Å². The first-order chi connectivity index (χ1) is 13.7. The molecule has 158 valence electrons. The number of β-amino-alcohol motifs (C(OH)–C–C–N with tert-alkyl or cyclic N) is 1. The minimum absolute atomic E-state index is 0.000359. The Labute approximate surface area is 170 Å². The molecule has 1 aromatic heterocycles. The molecule has 4 aliphatic rings. The number of likely N-dealkylation sites (tertiary alicyclic amines) is 3. The fourth-order valence-electron chi connectivity index (χ4n) is 5.73. The molecule has 0 aliphatic carbocycles. The summed E-state index contributed by atoms with van der Waals surface area (Å²) in [6, 6.07) is 0. The molecule has 0 aromatic carbocycles. The standard InChI is InChI=1S/C21H29N3O5/c1-20-11-23(18(26)16-9-29-17-10-28-8-15(16)17)5-13(20)6-24(12-20)19(27)21(2)4-14(25)7-22(21)3/h9,13-14,25H,4-8,10-12H2,1-3H3/t13-,14?,20+,21?/m0/s1. The predicted octanol–water partition coefficient (Wildman–Crippen LogP) is 0.685. The van der Waals surface area contributed by atoms with Crippen molar-refractivity contribution in [3.05, 3.63) is 23.2 Å². The molecule has 5 heterocycles. The van der Waals surface area contributed by atoms with Crippen LogP contribution in [0.3, 0.4) is 0 Å². The Hall–Kier alpha value is -1.90. The van der Waals surface area contributed by atoms with Crippen LogP contribution in [0.4, 0.5) is 0 Å². The third-order valence-corrected chi connectivity index (χ3v) is 7.66. The zero-order valence-electron chi connectivity index (χ0n) is 17.3. The van der Waals surface area contributed by atoms with E-state index < -0.39 is 11.6 Å². The summed E-state index contributed by atoms with van der Waals surface area (Å²) >= 11 is 0. The van der Waals surface area contributed by atoms with Crippen LogP contribution in [-0.2, 0) is 22.7 Å². The summed E-state index contributed by atoms with van der Waals surface area (Å²) in [5.41, 5.74) is 0.732. The van der Waals surface area contributed by atoms with Crippen LogP contribution in [0.2, 0.25) is 0 Å². The molecule has 0 radical (unpaired) electrons. The molecule has 0 saturated carbocycles. The minimum Gasteiger partial charge on any atom is -0.466 e. The topological polar surface area (TPSA) is 86.5 Å². The maximum Gasteiger partial charge on any atom is 0.257 e. The Balaban J connectivity index is 1.29. The van der Waals surface area contributed by atoms with E-state index in [9.17, 15) is 14.7 Å². The molecule has 1 aromatic rings. The van der Waals surface area contributed by atoms with E-state index in [4.69, 9.17) is 9.15 Å². The lowest BCUT2D eigenvalue weighted by Crippen LogP contribution is -2.53. The number of likely N-dealkylation sites (N-methyl/N-ethyl adjacent to an activating group) is 1. The highest BCUT2D eigenvalue weighted by Gasteiger charge is 2.55. The van der Waals surface area contributed by atoms with Crippen LogP contribution < -0.4 is 0 Å². The molecule has 0 bridgehead atoms. The van der Waals surface area contributed by atoms with E-state index in [1.165, 1.54) is 0 Å². The average Bonchev–Trinajstić information content (AvgIpc) is 3.40. The number of amides is 2. The first-order valence-electron chi connectivity index (χ1n) is 10.4. The van der Waals surface area contributed by atoms with Gasteiger partial charge in [0.05, 0.1) is 18.3 Å². The van der Waals surface area contributed by atoms with Gasteiger partial charge in [0.1, 0.15) is 24.2 Å². The van der Waals surface area contributed by atoms with Gasteiger partial charge in [-0.3, -0.25) is 14.5 Å². The number of aliphatic hydroxyl groups is 1. The molecule has 2 amide bonds. The molecule has 2 unspecified atom stereocenters. The summed E-state index contributed by atoms with van der Waals surface area (Å²) in [7, 11) is 1.90. The van der Waals surface area contributed by atoms with Crippen LogP contribution in [0.5, 0.6) is 0 Å². The number of hydrogen-bond donors (Lipinski definition) is 1. The Morgan fingerprint density at radius 2 is 1.86 bits per heavy atom. The van der Waals surface area contributed by atoms with Crippen LogP contribution in [0.25, 0.3) is 0 Å². The third kappa shape index (κ3) is 2.76. The van der Waals surface area contributed by atoms with Crippen LogP contribution >= 0.6 is 0 Å². The number of nitrogens with zero attached hydrogens (tertiary/aromatic N) is 3. The molecule has 1 N–H and O–H groups in total. The summed E-state index contributed by atoms with van der Waals surface area (Å²) in [5, 5.41) is 10.0. The molecule has 29 heavy (non-hydrogen) atoms. The molecule has 3 saturated heterocycles. The molecule has 3 fully saturated rings. The Morgan fingerprint density at radius 1 is 1.14 bits per heavy atom. The van der Waals surface area contributed by atoms with Crippen molar-refractivity contribution in [3.8, 4) is 0 Å². The second-order valence-electron chi connectivity index (χ2n) is 9.78. The van der Waals surface area contributed by atoms with Crippen molar-refractivity contribution >= 4 is 11.8 Å². The molecule has 0 spiro atoms. The molecular weight excluding hydrogens is 374 g/mol. The second-order valence-corrected chi connectivity index (χ2v) is 9.78. The first-order valence-corrected chi connectivity index (χ1v) is 10.4. The van der Waals surface area contributed by atoms with Gasteiger partial charge in [-0.1, -0.05) is 6.92 Å². The molecule has 4 atom stereocenters. The van der Waals surface area contributed by atoms with Crippen LogP contribution in [0, 0.1) is 11.3 Å². The Bertz CT molecular complexity index is 868. The van der Waals surface area contributed by atoms with Gasteiger partial charge in [-0.2, -0.15) is 0 Å². The number of aliphatic hydroxyl groups excluding tert-OH is 1. The number of carbonyl (C=O) groups excluding carboxylic acids is 2. The Morgan fingerprint density at radius 3 is 2.55 bits per heavy atom. The summed E-state index contributed by atoms with van der Waals surface area (Å²) in [6.07, 6.45) is 1.57. The number of carbonyl (C=O) groups is 2. The predicted molar refractivity (Wildman–Crippen MR) is 103 cm³/mol. The van der Waals surface area contributed by atoms with Crippen molar-refractivity contribution in [3.63, 3.8) is 0 Å². The van der Waals surface area contributed by atoms with Crippen molar-refractivity contribution in [1.82, 2.24) is 14.7 Å². The van der Waals surface area contributed by atoms with Gasteiger partial charge in [-0.15, -0.1) is 0 Å². The van der Waals surface area contributed by atoms with Crippen molar-refractivity contribution in [1.29, 1.82) is 0 Å². The van der Waals surface area contributed by atoms with E-state index in [-0.39, 0.29) is 23.1 Å². The van der Waals surface area contributed by atoms with Crippen LogP contribution in [-0.4, -0.2) is 83.0 Å². The Kier molecular flexibility index (Phi) is 4.14. The van der Waals surface area contributed by atoms with Gasteiger partial charge in [-0.25, -0.2) is 0 Å².